The lowest BCUT2D eigenvalue weighted by Crippen LogP contribution is -2.65. The maximum Gasteiger partial charge on any atom is 0.0470 e. The average Bonchev–Trinajstić information content (AvgIpc) is 2.14. The van der Waals surface area contributed by atoms with Crippen LogP contribution in [0.5, 0.6) is 0 Å². The Kier molecular flexibility index (Phi) is 4.60. The second-order valence-corrected chi connectivity index (χ2v) is 8.44. The number of nitrogens with zero attached hydrogens (tertiary/aromatic N) is 1. The summed E-state index contributed by atoms with van der Waals surface area (Å²) in [5.74, 6) is 2.45. The zero-order valence-electron chi connectivity index (χ0n) is 12.5. The standard InChI is InChI=1S/C14H30N2S/c1-12(2,3)10-16(6)14(9-15)11-17-8-7-13(14,4)5/h7-11,15H2,1-6H3. The summed E-state index contributed by atoms with van der Waals surface area (Å²) in [6.07, 6.45) is 1.27. The first kappa shape index (κ1) is 15.3. The lowest BCUT2D eigenvalue weighted by molar-refractivity contribution is 0.00128. The molecule has 0 spiro atoms. The van der Waals surface area contributed by atoms with Crippen LogP contribution in [-0.2, 0) is 0 Å². The molecule has 1 aliphatic rings. The second-order valence-electron chi connectivity index (χ2n) is 7.34. The van der Waals surface area contributed by atoms with Crippen molar-refractivity contribution >= 4 is 11.8 Å². The maximum absolute atomic E-state index is 6.18. The number of likely N-dealkylation sites (N-methyl/N-ethyl adjacent to an activating group) is 1. The van der Waals surface area contributed by atoms with E-state index in [0.717, 1.165) is 13.1 Å². The number of hydrogen-bond acceptors (Lipinski definition) is 3. The number of nitrogens with two attached hydrogens (primary N) is 1. The largest absolute Gasteiger partial charge is 0.329 e. The van der Waals surface area contributed by atoms with Gasteiger partial charge < -0.3 is 5.73 Å². The van der Waals surface area contributed by atoms with Crippen LogP contribution in [0.4, 0.5) is 0 Å². The van der Waals surface area contributed by atoms with Crippen molar-refractivity contribution < 1.29 is 0 Å². The maximum atomic E-state index is 6.18. The van der Waals surface area contributed by atoms with Crippen LogP contribution in [-0.4, -0.2) is 42.1 Å². The smallest absolute Gasteiger partial charge is 0.0470 e. The van der Waals surface area contributed by atoms with Gasteiger partial charge in [0.25, 0.3) is 0 Å². The lowest BCUT2D eigenvalue weighted by Gasteiger charge is -2.55. The average molecular weight is 258 g/mol. The van der Waals surface area contributed by atoms with Gasteiger partial charge in [0.15, 0.2) is 0 Å². The van der Waals surface area contributed by atoms with Gasteiger partial charge in [-0.25, -0.2) is 0 Å². The molecule has 1 saturated heterocycles. The highest BCUT2D eigenvalue weighted by Gasteiger charge is 2.49. The molecule has 0 aromatic carbocycles. The minimum atomic E-state index is 0.156. The van der Waals surface area contributed by atoms with E-state index in [1.165, 1.54) is 17.9 Å². The van der Waals surface area contributed by atoms with Crippen molar-refractivity contribution in [3.8, 4) is 0 Å². The van der Waals surface area contributed by atoms with E-state index in [-0.39, 0.29) is 5.54 Å². The van der Waals surface area contributed by atoms with Crippen molar-refractivity contribution in [3.05, 3.63) is 0 Å². The summed E-state index contributed by atoms with van der Waals surface area (Å²) < 4.78 is 0. The van der Waals surface area contributed by atoms with Crippen LogP contribution in [0.25, 0.3) is 0 Å². The van der Waals surface area contributed by atoms with Gasteiger partial charge in [-0.1, -0.05) is 34.6 Å². The van der Waals surface area contributed by atoms with E-state index in [9.17, 15) is 0 Å². The van der Waals surface area contributed by atoms with Crippen molar-refractivity contribution in [3.63, 3.8) is 0 Å². The van der Waals surface area contributed by atoms with Gasteiger partial charge in [-0.3, -0.25) is 4.90 Å². The number of rotatable bonds is 3. The normalized spacial score (nSPS) is 29.6. The fraction of sp³-hybridized carbons (Fsp3) is 1.00. The van der Waals surface area contributed by atoms with E-state index in [2.05, 4.69) is 58.3 Å². The van der Waals surface area contributed by atoms with Gasteiger partial charge in [0.1, 0.15) is 0 Å². The molecule has 0 saturated carbocycles. The van der Waals surface area contributed by atoms with E-state index in [1.54, 1.807) is 0 Å². The molecule has 1 unspecified atom stereocenters. The Balaban J connectivity index is 2.93. The molecule has 0 aromatic heterocycles. The van der Waals surface area contributed by atoms with E-state index in [1.807, 2.05) is 0 Å². The van der Waals surface area contributed by atoms with Crippen LogP contribution in [0, 0.1) is 10.8 Å². The molecule has 1 rings (SSSR count). The summed E-state index contributed by atoms with van der Waals surface area (Å²) in [6, 6.07) is 0. The summed E-state index contributed by atoms with van der Waals surface area (Å²) in [7, 11) is 2.26. The van der Waals surface area contributed by atoms with Crippen LogP contribution in [0.2, 0.25) is 0 Å². The van der Waals surface area contributed by atoms with E-state index in [4.69, 9.17) is 5.73 Å². The van der Waals surface area contributed by atoms with Crippen LogP contribution in [0.15, 0.2) is 0 Å². The van der Waals surface area contributed by atoms with Crippen molar-refractivity contribution in [2.24, 2.45) is 16.6 Å². The van der Waals surface area contributed by atoms with Gasteiger partial charge >= 0.3 is 0 Å². The molecule has 2 N–H and O–H groups in total. The zero-order valence-corrected chi connectivity index (χ0v) is 13.3. The summed E-state index contributed by atoms with van der Waals surface area (Å²) in [6.45, 7) is 13.6. The molecular formula is C14H30N2S. The molecule has 3 heteroatoms. The molecule has 0 radical (unpaired) electrons. The quantitative estimate of drug-likeness (QED) is 0.844. The molecule has 1 fully saturated rings. The highest BCUT2D eigenvalue weighted by Crippen LogP contribution is 2.45. The van der Waals surface area contributed by atoms with Crippen LogP contribution in [0.1, 0.15) is 41.0 Å². The fourth-order valence-electron chi connectivity index (χ4n) is 2.98. The first-order valence-electron chi connectivity index (χ1n) is 6.64. The van der Waals surface area contributed by atoms with Crippen LogP contribution in [0.3, 0.4) is 0 Å². The predicted molar refractivity (Wildman–Crippen MR) is 79.6 cm³/mol. The van der Waals surface area contributed by atoms with E-state index >= 15 is 0 Å². The van der Waals surface area contributed by atoms with Crippen molar-refractivity contribution in [2.45, 2.75) is 46.6 Å². The van der Waals surface area contributed by atoms with Crippen molar-refractivity contribution in [1.82, 2.24) is 4.90 Å². The minimum absolute atomic E-state index is 0.156. The Morgan fingerprint density at radius 3 is 2.29 bits per heavy atom. The molecule has 102 valence electrons. The molecule has 0 bridgehead atoms. The van der Waals surface area contributed by atoms with Gasteiger partial charge in [-0.15, -0.1) is 0 Å². The summed E-state index contributed by atoms with van der Waals surface area (Å²) >= 11 is 2.06. The number of thioether (sulfide) groups is 1. The Labute approximate surface area is 112 Å². The SMILES string of the molecule is CN(CC(C)(C)C)C1(CN)CSCCC1(C)C. The topological polar surface area (TPSA) is 29.3 Å². The third-order valence-corrected chi connectivity index (χ3v) is 5.43. The molecule has 1 aliphatic heterocycles. The van der Waals surface area contributed by atoms with Gasteiger partial charge in [-0.2, -0.15) is 11.8 Å². The van der Waals surface area contributed by atoms with Gasteiger partial charge in [-0.05, 0) is 30.1 Å². The Morgan fingerprint density at radius 1 is 1.29 bits per heavy atom. The van der Waals surface area contributed by atoms with Crippen molar-refractivity contribution in [2.75, 3.05) is 31.6 Å². The Bertz CT molecular complexity index is 257. The highest BCUT2D eigenvalue weighted by molar-refractivity contribution is 7.99. The summed E-state index contributed by atoms with van der Waals surface area (Å²) in [5.41, 5.74) is 6.98. The highest BCUT2D eigenvalue weighted by atomic mass is 32.2. The van der Waals surface area contributed by atoms with Gasteiger partial charge in [0.2, 0.25) is 0 Å². The summed E-state index contributed by atoms with van der Waals surface area (Å²) in [4.78, 5) is 2.53. The lowest BCUT2D eigenvalue weighted by atomic mass is 9.69. The second kappa shape index (κ2) is 5.10. The molecule has 0 amide bonds. The monoisotopic (exact) mass is 258 g/mol. The van der Waals surface area contributed by atoms with E-state index < -0.39 is 0 Å². The van der Waals surface area contributed by atoms with Crippen molar-refractivity contribution in [1.29, 1.82) is 0 Å². The summed E-state index contributed by atoms with van der Waals surface area (Å²) in [5, 5.41) is 0. The first-order valence-corrected chi connectivity index (χ1v) is 7.79. The minimum Gasteiger partial charge on any atom is -0.329 e. The van der Waals surface area contributed by atoms with Gasteiger partial charge in [0, 0.05) is 24.4 Å². The molecule has 1 atom stereocenters. The predicted octanol–water partition coefficient (Wildman–Crippen LogP) is 2.82. The first-order chi connectivity index (χ1) is 7.65. The molecule has 0 aliphatic carbocycles. The molecule has 2 nitrogen and oxygen atoms in total. The third-order valence-electron chi connectivity index (χ3n) is 4.25. The molecule has 0 aromatic rings. The van der Waals surface area contributed by atoms with Crippen LogP contribution >= 0.6 is 11.8 Å². The molecular weight excluding hydrogens is 228 g/mol. The number of hydrogen-bond donors (Lipinski definition) is 1. The third kappa shape index (κ3) is 3.18. The molecule has 1 heterocycles. The van der Waals surface area contributed by atoms with Gasteiger partial charge in [0.05, 0.1) is 0 Å². The Hall–Kier alpha value is 0.270. The van der Waals surface area contributed by atoms with Crippen LogP contribution < -0.4 is 5.73 Å². The molecule has 17 heavy (non-hydrogen) atoms. The van der Waals surface area contributed by atoms with E-state index in [0.29, 0.717) is 10.8 Å². The fourth-order valence-corrected chi connectivity index (χ4v) is 4.84. The Morgan fingerprint density at radius 2 is 1.88 bits per heavy atom. The zero-order chi connectivity index (χ0) is 13.3.